The predicted molar refractivity (Wildman–Crippen MR) is 82.3 cm³/mol. The highest BCUT2D eigenvalue weighted by Crippen LogP contribution is 2.12. The second-order valence-electron chi connectivity index (χ2n) is 5.35. The minimum absolute atomic E-state index is 0.0419. The van der Waals surface area contributed by atoms with Gasteiger partial charge in [0.25, 0.3) is 0 Å². The van der Waals surface area contributed by atoms with Crippen LogP contribution in [0.1, 0.15) is 31.9 Å². The molecule has 22 heavy (non-hydrogen) atoms. The highest BCUT2D eigenvalue weighted by molar-refractivity contribution is 5.76. The number of nitrogens with zero attached hydrogens (tertiary/aromatic N) is 2. The molecular weight excluding hydrogens is 282 g/mol. The molecule has 0 aromatic carbocycles. The average Bonchev–Trinajstić information content (AvgIpc) is 2.55. The van der Waals surface area contributed by atoms with Crippen molar-refractivity contribution in [3.05, 3.63) is 30.1 Å². The van der Waals surface area contributed by atoms with Crippen LogP contribution in [0.5, 0.6) is 0 Å². The van der Waals surface area contributed by atoms with E-state index in [0.29, 0.717) is 32.5 Å². The van der Waals surface area contributed by atoms with Crippen molar-refractivity contribution in [1.29, 1.82) is 0 Å². The van der Waals surface area contributed by atoms with Crippen LogP contribution in [0.25, 0.3) is 0 Å². The first-order valence-corrected chi connectivity index (χ1v) is 7.80. The highest BCUT2D eigenvalue weighted by atomic mass is 16.6. The molecule has 120 valence electrons. The minimum atomic E-state index is -0.262. The molecule has 6 heteroatoms. The van der Waals surface area contributed by atoms with Crippen molar-refractivity contribution in [2.75, 3.05) is 19.7 Å². The van der Waals surface area contributed by atoms with Gasteiger partial charge < -0.3 is 15.0 Å². The van der Waals surface area contributed by atoms with E-state index in [-0.39, 0.29) is 18.0 Å². The van der Waals surface area contributed by atoms with Gasteiger partial charge in [0.05, 0.1) is 6.61 Å². The third-order valence-corrected chi connectivity index (χ3v) is 3.72. The lowest BCUT2D eigenvalue weighted by Gasteiger charge is -2.31. The summed E-state index contributed by atoms with van der Waals surface area (Å²) in [6.45, 7) is 3.45. The normalized spacial score (nSPS) is 15.4. The SMILES string of the molecule is CCOC(=O)N1CCC(NC(=O)CCc2ccccn2)CC1. The van der Waals surface area contributed by atoms with Gasteiger partial charge in [-0.3, -0.25) is 9.78 Å². The number of ether oxygens (including phenoxy) is 1. The predicted octanol–water partition coefficient (Wildman–Crippen LogP) is 1.75. The Morgan fingerprint density at radius 3 is 2.77 bits per heavy atom. The quantitative estimate of drug-likeness (QED) is 0.899. The zero-order chi connectivity index (χ0) is 15.8. The van der Waals surface area contributed by atoms with Crippen LogP contribution in [0.2, 0.25) is 0 Å². The van der Waals surface area contributed by atoms with Gasteiger partial charge in [0, 0.05) is 37.4 Å². The molecule has 0 spiro atoms. The van der Waals surface area contributed by atoms with Crippen molar-refractivity contribution < 1.29 is 14.3 Å². The molecule has 1 saturated heterocycles. The number of rotatable bonds is 5. The number of hydrogen-bond acceptors (Lipinski definition) is 4. The maximum Gasteiger partial charge on any atom is 0.409 e. The van der Waals surface area contributed by atoms with Crippen LogP contribution in [0.15, 0.2) is 24.4 Å². The fourth-order valence-corrected chi connectivity index (χ4v) is 2.51. The van der Waals surface area contributed by atoms with Gasteiger partial charge in [0.2, 0.25) is 5.91 Å². The Bertz CT molecular complexity index is 485. The van der Waals surface area contributed by atoms with Gasteiger partial charge in [-0.2, -0.15) is 0 Å². The van der Waals surface area contributed by atoms with Gasteiger partial charge in [0.1, 0.15) is 0 Å². The fraction of sp³-hybridized carbons (Fsp3) is 0.562. The van der Waals surface area contributed by atoms with Gasteiger partial charge in [-0.25, -0.2) is 4.79 Å². The molecule has 1 aromatic heterocycles. The highest BCUT2D eigenvalue weighted by Gasteiger charge is 2.24. The first kappa shape index (κ1) is 16.3. The Morgan fingerprint density at radius 2 is 2.14 bits per heavy atom. The molecular formula is C16H23N3O3. The summed E-state index contributed by atoms with van der Waals surface area (Å²) < 4.78 is 4.98. The van der Waals surface area contributed by atoms with Gasteiger partial charge in [-0.15, -0.1) is 0 Å². The van der Waals surface area contributed by atoms with Gasteiger partial charge in [0.15, 0.2) is 0 Å². The van der Waals surface area contributed by atoms with Crippen LogP contribution in [-0.4, -0.2) is 47.6 Å². The molecule has 1 aliphatic rings. The van der Waals surface area contributed by atoms with E-state index < -0.39 is 0 Å². The third-order valence-electron chi connectivity index (χ3n) is 3.72. The summed E-state index contributed by atoms with van der Waals surface area (Å²) >= 11 is 0. The number of nitrogens with one attached hydrogen (secondary N) is 1. The largest absolute Gasteiger partial charge is 0.450 e. The summed E-state index contributed by atoms with van der Waals surface area (Å²) in [6, 6.07) is 5.85. The molecule has 2 heterocycles. The maximum absolute atomic E-state index is 12.0. The van der Waals surface area contributed by atoms with Crippen molar-refractivity contribution in [3.8, 4) is 0 Å². The lowest BCUT2D eigenvalue weighted by molar-refractivity contribution is -0.122. The Morgan fingerprint density at radius 1 is 1.36 bits per heavy atom. The summed E-state index contributed by atoms with van der Waals surface area (Å²) in [5.74, 6) is 0.0419. The van der Waals surface area contributed by atoms with Crippen molar-refractivity contribution >= 4 is 12.0 Å². The van der Waals surface area contributed by atoms with Crippen molar-refractivity contribution in [2.45, 2.75) is 38.6 Å². The van der Waals surface area contributed by atoms with Gasteiger partial charge in [-0.1, -0.05) is 6.07 Å². The van der Waals surface area contributed by atoms with E-state index in [1.54, 1.807) is 18.0 Å². The molecule has 1 aromatic rings. The topological polar surface area (TPSA) is 71.5 Å². The van der Waals surface area contributed by atoms with Gasteiger partial charge in [-0.05, 0) is 38.3 Å². The summed E-state index contributed by atoms with van der Waals surface area (Å²) in [4.78, 5) is 29.5. The zero-order valence-corrected chi connectivity index (χ0v) is 13.0. The number of aryl methyl sites for hydroxylation is 1. The van der Waals surface area contributed by atoms with Crippen LogP contribution in [-0.2, 0) is 16.0 Å². The molecule has 0 aliphatic carbocycles. The summed E-state index contributed by atoms with van der Waals surface area (Å²) in [5.41, 5.74) is 0.926. The molecule has 0 unspecified atom stereocenters. The van der Waals surface area contributed by atoms with Crippen molar-refractivity contribution in [3.63, 3.8) is 0 Å². The van der Waals surface area contributed by atoms with E-state index in [1.807, 2.05) is 18.2 Å². The number of piperidine rings is 1. The van der Waals surface area contributed by atoms with E-state index >= 15 is 0 Å². The number of carbonyl (C=O) groups is 2. The Kier molecular flexibility index (Phi) is 6.18. The molecule has 0 bridgehead atoms. The fourth-order valence-electron chi connectivity index (χ4n) is 2.51. The maximum atomic E-state index is 12.0. The molecule has 0 atom stereocenters. The lowest BCUT2D eigenvalue weighted by atomic mass is 10.0. The van der Waals surface area contributed by atoms with Crippen LogP contribution in [0.4, 0.5) is 4.79 Å². The molecule has 6 nitrogen and oxygen atoms in total. The number of pyridine rings is 1. The molecule has 2 rings (SSSR count). The number of hydrogen-bond donors (Lipinski definition) is 1. The number of amides is 2. The second-order valence-corrected chi connectivity index (χ2v) is 5.35. The van der Waals surface area contributed by atoms with E-state index in [2.05, 4.69) is 10.3 Å². The average molecular weight is 305 g/mol. The first-order chi connectivity index (χ1) is 10.7. The molecule has 1 fully saturated rings. The second kappa shape index (κ2) is 8.36. The van der Waals surface area contributed by atoms with E-state index in [0.717, 1.165) is 18.5 Å². The molecule has 2 amide bonds. The molecule has 0 saturated carbocycles. The summed E-state index contributed by atoms with van der Waals surface area (Å²) in [6.07, 6.45) is 4.10. The van der Waals surface area contributed by atoms with E-state index in [9.17, 15) is 9.59 Å². The van der Waals surface area contributed by atoms with Crippen LogP contribution < -0.4 is 5.32 Å². The Hall–Kier alpha value is -2.11. The van der Waals surface area contributed by atoms with E-state index in [4.69, 9.17) is 4.74 Å². The van der Waals surface area contributed by atoms with Crippen molar-refractivity contribution in [1.82, 2.24) is 15.2 Å². The molecule has 1 N–H and O–H groups in total. The number of likely N-dealkylation sites (tertiary alicyclic amines) is 1. The smallest absolute Gasteiger partial charge is 0.409 e. The Labute approximate surface area is 130 Å². The first-order valence-electron chi connectivity index (χ1n) is 7.80. The monoisotopic (exact) mass is 305 g/mol. The number of aromatic nitrogens is 1. The lowest BCUT2D eigenvalue weighted by Crippen LogP contribution is -2.46. The Balaban J connectivity index is 1.67. The van der Waals surface area contributed by atoms with E-state index in [1.165, 1.54) is 0 Å². The third kappa shape index (κ3) is 5.02. The number of carbonyl (C=O) groups excluding carboxylic acids is 2. The van der Waals surface area contributed by atoms with Crippen LogP contribution in [0.3, 0.4) is 0 Å². The standard InChI is InChI=1S/C16H23N3O3/c1-2-22-16(21)19-11-8-14(9-12-19)18-15(20)7-6-13-5-3-4-10-17-13/h3-5,10,14H,2,6-9,11-12H2,1H3,(H,18,20). The van der Waals surface area contributed by atoms with Crippen LogP contribution >= 0.6 is 0 Å². The summed E-state index contributed by atoms with van der Waals surface area (Å²) in [5, 5.41) is 3.04. The minimum Gasteiger partial charge on any atom is -0.450 e. The molecule has 0 radical (unpaired) electrons. The van der Waals surface area contributed by atoms with Crippen LogP contribution in [0, 0.1) is 0 Å². The zero-order valence-electron chi connectivity index (χ0n) is 13.0. The van der Waals surface area contributed by atoms with Gasteiger partial charge >= 0.3 is 6.09 Å². The van der Waals surface area contributed by atoms with Crippen molar-refractivity contribution in [2.24, 2.45) is 0 Å². The summed E-state index contributed by atoms with van der Waals surface area (Å²) in [7, 11) is 0. The molecule has 1 aliphatic heterocycles.